The molecular formula is C37H43N2ORu. The molecular weight excluding hydrogens is 589 g/mol. The summed E-state index contributed by atoms with van der Waals surface area (Å²) in [6, 6.07) is 25.7. The molecule has 0 aromatic heterocycles. The van der Waals surface area contributed by atoms with E-state index in [1.54, 1.807) is 0 Å². The third-order valence-electron chi connectivity index (χ3n) is 7.30. The second-order valence-corrected chi connectivity index (χ2v) is 11.9. The summed E-state index contributed by atoms with van der Waals surface area (Å²) < 4.78 is 8.00. The fourth-order valence-corrected chi connectivity index (χ4v) is 6.33. The molecule has 0 saturated carbocycles. The van der Waals surface area contributed by atoms with E-state index < -0.39 is 0 Å². The zero-order valence-corrected chi connectivity index (χ0v) is 27.5. The molecule has 4 aromatic carbocycles. The Hall–Kier alpha value is -3.23. The van der Waals surface area contributed by atoms with E-state index in [1.807, 2.05) is 22.8 Å². The Labute approximate surface area is 257 Å². The summed E-state index contributed by atoms with van der Waals surface area (Å²) in [6.07, 6.45) is 0.167. The van der Waals surface area contributed by atoms with Gasteiger partial charge < -0.3 is 9.80 Å². The first kappa shape index (κ1) is 30.7. The van der Waals surface area contributed by atoms with Gasteiger partial charge in [0.1, 0.15) is 0 Å². The summed E-state index contributed by atoms with van der Waals surface area (Å²) in [4.78, 5) is 4.81. The van der Waals surface area contributed by atoms with Gasteiger partial charge in [-0.15, -0.1) is 0 Å². The molecule has 0 amide bonds. The van der Waals surface area contributed by atoms with Gasteiger partial charge in [-0.3, -0.25) is 0 Å². The van der Waals surface area contributed by atoms with Crippen molar-refractivity contribution in [3.05, 3.63) is 118 Å². The van der Waals surface area contributed by atoms with Crippen molar-refractivity contribution >= 4 is 16.0 Å². The van der Waals surface area contributed by atoms with Crippen molar-refractivity contribution in [3.8, 4) is 16.9 Å². The summed E-state index contributed by atoms with van der Waals surface area (Å²) in [5.41, 5.74) is 14.3. The van der Waals surface area contributed by atoms with Crippen LogP contribution in [0.5, 0.6) is 5.75 Å². The Kier molecular flexibility index (Phi) is 10.2. The van der Waals surface area contributed by atoms with Crippen molar-refractivity contribution in [3.63, 3.8) is 0 Å². The van der Waals surface area contributed by atoms with Crippen molar-refractivity contribution in [1.82, 2.24) is 0 Å². The smallest absolute Gasteiger partial charge is 0.0146 e. The molecule has 1 aliphatic rings. The minimum absolute atomic E-state index is 0.167. The maximum Gasteiger partial charge on any atom is 0.0146 e. The van der Waals surface area contributed by atoms with Crippen LogP contribution in [0.4, 0.5) is 11.4 Å². The van der Waals surface area contributed by atoms with E-state index in [4.69, 9.17) is 4.74 Å². The third-order valence-corrected chi connectivity index (χ3v) is 7.84. The number of para-hydroxylation sites is 1. The SMILES string of the molecule is CC(C)Oc1c([CH]=[Ru+])cccc1-c1ccccc1.Cc1cc(C)c(N2[CH-]N(c3c(C)cc(C)cc3C)CC2)c(C)c1. The van der Waals surface area contributed by atoms with Crippen molar-refractivity contribution in [2.45, 2.75) is 61.5 Å². The number of aryl methyl sites for hydroxylation is 6. The number of nitrogens with zero attached hydrogens (tertiary/aromatic N) is 2. The molecule has 0 aliphatic carbocycles. The van der Waals surface area contributed by atoms with Gasteiger partial charge in [0.15, 0.2) is 0 Å². The fourth-order valence-electron chi connectivity index (χ4n) is 5.94. The number of anilines is 2. The van der Waals surface area contributed by atoms with E-state index in [0.717, 1.165) is 30.0 Å². The number of hydrogen-bond acceptors (Lipinski definition) is 3. The minimum atomic E-state index is 0.167. The zero-order chi connectivity index (χ0) is 29.7. The normalized spacial score (nSPS) is 12.8. The molecule has 215 valence electrons. The zero-order valence-electron chi connectivity index (χ0n) is 25.7. The molecule has 0 bridgehead atoms. The molecule has 0 radical (unpaired) electrons. The predicted molar refractivity (Wildman–Crippen MR) is 173 cm³/mol. The van der Waals surface area contributed by atoms with Crippen LogP contribution in [-0.4, -0.2) is 23.8 Å². The van der Waals surface area contributed by atoms with Crippen LogP contribution in [0.2, 0.25) is 0 Å². The monoisotopic (exact) mass is 633 g/mol. The van der Waals surface area contributed by atoms with E-state index in [0.29, 0.717) is 0 Å². The molecule has 4 aromatic rings. The molecule has 0 unspecified atom stereocenters. The number of ether oxygens (including phenoxy) is 1. The summed E-state index contributed by atoms with van der Waals surface area (Å²) in [6.45, 7) is 21.7. The van der Waals surface area contributed by atoms with Gasteiger partial charge in [-0.1, -0.05) is 35.4 Å². The fraction of sp³-hybridized carbons (Fsp3) is 0.297. The van der Waals surface area contributed by atoms with E-state index in [9.17, 15) is 0 Å². The van der Waals surface area contributed by atoms with E-state index in [2.05, 4.69) is 144 Å². The Morgan fingerprint density at radius 3 is 1.63 bits per heavy atom. The molecule has 1 saturated heterocycles. The van der Waals surface area contributed by atoms with Gasteiger partial charge in [-0.05, 0) is 63.8 Å². The van der Waals surface area contributed by atoms with Gasteiger partial charge in [0.2, 0.25) is 0 Å². The first-order valence-electron chi connectivity index (χ1n) is 14.4. The van der Waals surface area contributed by atoms with Crippen LogP contribution < -0.4 is 14.5 Å². The number of rotatable bonds is 6. The molecule has 0 atom stereocenters. The van der Waals surface area contributed by atoms with E-state index in [-0.39, 0.29) is 6.10 Å². The summed E-state index contributed by atoms with van der Waals surface area (Å²) in [5, 5.41) is 0. The number of hydrogen-bond donors (Lipinski definition) is 0. The van der Waals surface area contributed by atoms with E-state index >= 15 is 0 Å². The molecule has 1 fully saturated rings. The predicted octanol–water partition coefficient (Wildman–Crippen LogP) is 8.82. The summed E-state index contributed by atoms with van der Waals surface area (Å²) in [7, 11) is 0. The van der Waals surface area contributed by atoms with Gasteiger partial charge >= 0.3 is 118 Å². The van der Waals surface area contributed by atoms with Crippen LogP contribution in [-0.2, 0) is 17.9 Å². The minimum Gasteiger partial charge on any atom is -0.502 e. The van der Waals surface area contributed by atoms with Gasteiger partial charge in [-0.2, -0.15) is 6.67 Å². The maximum atomic E-state index is 5.98. The summed E-state index contributed by atoms with van der Waals surface area (Å²) >= 11 is 2.55. The van der Waals surface area contributed by atoms with Crippen LogP contribution in [0.3, 0.4) is 0 Å². The van der Waals surface area contributed by atoms with Gasteiger partial charge in [0.25, 0.3) is 0 Å². The third kappa shape index (κ3) is 7.35. The van der Waals surface area contributed by atoms with Crippen molar-refractivity contribution in [1.29, 1.82) is 0 Å². The van der Waals surface area contributed by atoms with Crippen LogP contribution in [0.25, 0.3) is 11.1 Å². The average Bonchev–Trinajstić information content (AvgIpc) is 3.37. The van der Waals surface area contributed by atoms with Gasteiger partial charge in [-0.25, -0.2) is 0 Å². The molecule has 3 nitrogen and oxygen atoms in total. The molecule has 0 N–H and O–H groups in total. The molecule has 0 spiro atoms. The maximum absolute atomic E-state index is 5.98. The first-order valence-corrected chi connectivity index (χ1v) is 15.4. The van der Waals surface area contributed by atoms with Crippen LogP contribution in [0.1, 0.15) is 52.8 Å². The Morgan fingerprint density at radius 1 is 0.707 bits per heavy atom. The topological polar surface area (TPSA) is 15.7 Å². The quantitative estimate of drug-likeness (QED) is 0.156. The van der Waals surface area contributed by atoms with Crippen molar-refractivity contribution < 1.29 is 22.6 Å². The molecule has 1 aliphatic heterocycles. The van der Waals surface area contributed by atoms with E-state index in [1.165, 1.54) is 50.3 Å². The van der Waals surface area contributed by atoms with Crippen molar-refractivity contribution in [2.75, 3.05) is 22.9 Å². The van der Waals surface area contributed by atoms with Crippen LogP contribution in [0, 0.1) is 48.2 Å². The Morgan fingerprint density at radius 2 is 1.20 bits per heavy atom. The summed E-state index contributed by atoms with van der Waals surface area (Å²) in [5.74, 6) is 0.956. The first-order chi connectivity index (χ1) is 19.6. The number of benzene rings is 4. The largest absolute Gasteiger partial charge is 0.502 e. The van der Waals surface area contributed by atoms with Crippen LogP contribution in [0.15, 0.2) is 72.8 Å². The Bertz CT molecular complexity index is 1400. The molecule has 1 heterocycles. The average molecular weight is 633 g/mol. The molecule has 4 heteroatoms. The van der Waals surface area contributed by atoms with Crippen LogP contribution >= 0.6 is 0 Å². The van der Waals surface area contributed by atoms with Gasteiger partial charge in [0, 0.05) is 24.5 Å². The van der Waals surface area contributed by atoms with Crippen molar-refractivity contribution in [2.24, 2.45) is 0 Å². The van der Waals surface area contributed by atoms with Gasteiger partial charge in [0.05, 0.1) is 0 Å². The second kappa shape index (κ2) is 13.6. The molecule has 41 heavy (non-hydrogen) atoms. The standard InChI is InChI=1S/C21H27N2.C16H16O.Ru/c1-14-9-16(3)20(17(4)10-14)22-7-8-23(13-22)21-18(5)11-15(2)12-19(21)6;1-12(2)17-16-13(3)8-7-11-15(16)14-9-5-4-6-10-14;/h9-13H,7-8H2,1-6H3;3-12H,1-2H3;/q-1;;+1. The Balaban J connectivity index is 0.000000195. The second-order valence-electron chi connectivity index (χ2n) is 11.4. The molecule has 5 rings (SSSR count).